The van der Waals surface area contributed by atoms with Crippen LogP contribution in [0.3, 0.4) is 0 Å². The van der Waals surface area contributed by atoms with Gasteiger partial charge in [-0.25, -0.2) is 0 Å². The van der Waals surface area contributed by atoms with Gasteiger partial charge in [-0.15, -0.1) is 0 Å². The van der Waals surface area contributed by atoms with E-state index in [1.54, 1.807) is 13.8 Å². The summed E-state index contributed by atoms with van der Waals surface area (Å²) in [5.74, 6) is -0.736. The summed E-state index contributed by atoms with van der Waals surface area (Å²) in [7, 11) is 0. The third-order valence-corrected chi connectivity index (χ3v) is 3.76. The molecule has 2 N–H and O–H groups in total. The lowest BCUT2D eigenvalue weighted by molar-refractivity contribution is -0.147. The fraction of sp³-hybridized carbons (Fsp3) is 0.500. The molecule has 0 spiro atoms. The molecule has 1 aliphatic rings. The van der Waals surface area contributed by atoms with Gasteiger partial charge in [0.25, 0.3) is 0 Å². The molecule has 1 aromatic rings. The van der Waals surface area contributed by atoms with Gasteiger partial charge in [0.15, 0.2) is 0 Å². The van der Waals surface area contributed by atoms with Crippen LogP contribution in [-0.2, 0) is 15.8 Å². The molecule has 3 heteroatoms. The van der Waals surface area contributed by atoms with Crippen LogP contribution in [0, 0.1) is 0 Å². The first-order valence-electron chi connectivity index (χ1n) is 5.93. The standard InChI is InChI=1S/C14H18O3/c1-13(2,17)10-4-6-11(7-5-10)14(12(15)16)8-3-9-14/h4-7,17H,3,8-9H2,1-2H3,(H,15,16). The minimum atomic E-state index is -0.880. The molecule has 1 aliphatic carbocycles. The highest BCUT2D eigenvalue weighted by Gasteiger charge is 2.45. The Morgan fingerprint density at radius 3 is 2.06 bits per heavy atom. The number of carbonyl (C=O) groups is 1. The number of hydrogen-bond donors (Lipinski definition) is 2. The summed E-state index contributed by atoms with van der Waals surface area (Å²) in [4.78, 5) is 11.3. The van der Waals surface area contributed by atoms with Crippen LogP contribution in [0.4, 0.5) is 0 Å². The first-order valence-corrected chi connectivity index (χ1v) is 5.93. The highest BCUT2D eigenvalue weighted by Crippen LogP contribution is 2.44. The van der Waals surface area contributed by atoms with E-state index in [4.69, 9.17) is 0 Å². The van der Waals surface area contributed by atoms with Crippen molar-refractivity contribution in [2.45, 2.75) is 44.1 Å². The second-order valence-electron chi connectivity index (χ2n) is 5.38. The molecule has 92 valence electrons. The third kappa shape index (κ3) is 1.95. The number of aliphatic hydroxyl groups is 1. The van der Waals surface area contributed by atoms with Crippen molar-refractivity contribution < 1.29 is 15.0 Å². The molecule has 2 rings (SSSR count). The Morgan fingerprint density at radius 1 is 1.24 bits per heavy atom. The first kappa shape index (κ1) is 12.1. The Balaban J connectivity index is 2.32. The number of hydrogen-bond acceptors (Lipinski definition) is 2. The van der Waals surface area contributed by atoms with Crippen molar-refractivity contribution in [3.05, 3.63) is 35.4 Å². The van der Waals surface area contributed by atoms with E-state index in [9.17, 15) is 15.0 Å². The molecule has 1 saturated carbocycles. The SMILES string of the molecule is CC(C)(O)c1ccc(C2(C(=O)O)CCC2)cc1. The summed E-state index contributed by atoms with van der Waals surface area (Å²) in [5, 5.41) is 19.2. The van der Waals surface area contributed by atoms with Gasteiger partial charge in [-0.2, -0.15) is 0 Å². The maximum atomic E-state index is 11.3. The summed E-state index contributed by atoms with van der Waals surface area (Å²) in [5.41, 5.74) is 0.0949. The van der Waals surface area contributed by atoms with Gasteiger partial charge in [0, 0.05) is 0 Å². The van der Waals surface area contributed by atoms with E-state index in [-0.39, 0.29) is 0 Å². The van der Waals surface area contributed by atoms with Crippen molar-refractivity contribution in [1.29, 1.82) is 0 Å². The molecular weight excluding hydrogens is 216 g/mol. The monoisotopic (exact) mass is 234 g/mol. The van der Waals surface area contributed by atoms with E-state index in [1.165, 1.54) is 0 Å². The van der Waals surface area contributed by atoms with Crippen LogP contribution in [0.15, 0.2) is 24.3 Å². The normalized spacial score (nSPS) is 18.5. The number of carboxylic acids is 1. The predicted octanol–water partition coefficient (Wildman–Crippen LogP) is 2.42. The number of rotatable bonds is 3. The van der Waals surface area contributed by atoms with E-state index in [1.807, 2.05) is 24.3 Å². The zero-order valence-electron chi connectivity index (χ0n) is 10.2. The van der Waals surface area contributed by atoms with Crippen molar-refractivity contribution in [1.82, 2.24) is 0 Å². The van der Waals surface area contributed by atoms with Crippen molar-refractivity contribution in [3.63, 3.8) is 0 Å². The van der Waals surface area contributed by atoms with Gasteiger partial charge >= 0.3 is 5.97 Å². The zero-order chi connectivity index (χ0) is 12.7. The van der Waals surface area contributed by atoms with Crippen LogP contribution in [0.5, 0.6) is 0 Å². The van der Waals surface area contributed by atoms with Crippen molar-refractivity contribution in [2.24, 2.45) is 0 Å². The molecule has 0 heterocycles. The third-order valence-electron chi connectivity index (χ3n) is 3.76. The van der Waals surface area contributed by atoms with E-state index in [0.717, 1.165) is 17.5 Å². The largest absolute Gasteiger partial charge is 0.481 e. The highest BCUT2D eigenvalue weighted by atomic mass is 16.4. The second-order valence-corrected chi connectivity index (χ2v) is 5.38. The minimum Gasteiger partial charge on any atom is -0.481 e. The van der Waals surface area contributed by atoms with Crippen molar-refractivity contribution >= 4 is 5.97 Å². The zero-order valence-corrected chi connectivity index (χ0v) is 10.2. The van der Waals surface area contributed by atoms with Crippen molar-refractivity contribution in [2.75, 3.05) is 0 Å². The van der Waals surface area contributed by atoms with Gasteiger partial charge in [0.05, 0.1) is 11.0 Å². The highest BCUT2D eigenvalue weighted by molar-refractivity contribution is 5.82. The van der Waals surface area contributed by atoms with Crippen LogP contribution in [0.1, 0.15) is 44.2 Å². The van der Waals surface area contributed by atoms with E-state index in [0.29, 0.717) is 12.8 Å². The summed E-state index contributed by atoms with van der Waals surface area (Å²) >= 11 is 0. The van der Waals surface area contributed by atoms with Gasteiger partial charge in [-0.3, -0.25) is 4.79 Å². The van der Waals surface area contributed by atoms with Crippen LogP contribution in [0.25, 0.3) is 0 Å². The van der Waals surface area contributed by atoms with Crippen LogP contribution < -0.4 is 0 Å². The number of carboxylic acid groups (broad SMARTS) is 1. The smallest absolute Gasteiger partial charge is 0.314 e. The summed E-state index contributed by atoms with van der Waals surface area (Å²) in [6.45, 7) is 3.44. The van der Waals surface area contributed by atoms with Gasteiger partial charge in [-0.1, -0.05) is 30.7 Å². The lowest BCUT2D eigenvalue weighted by atomic mass is 9.64. The van der Waals surface area contributed by atoms with E-state index in [2.05, 4.69) is 0 Å². The average Bonchev–Trinajstić information content (AvgIpc) is 2.14. The molecule has 0 atom stereocenters. The maximum absolute atomic E-state index is 11.3. The molecule has 0 saturated heterocycles. The van der Waals surface area contributed by atoms with Crippen LogP contribution in [0.2, 0.25) is 0 Å². The Kier molecular flexibility index (Phi) is 2.74. The summed E-state index contributed by atoms with van der Waals surface area (Å²) in [6.07, 6.45) is 2.40. The lowest BCUT2D eigenvalue weighted by Crippen LogP contribution is -2.42. The molecule has 0 unspecified atom stereocenters. The maximum Gasteiger partial charge on any atom is 0.314 e. The average molecular weight is 234 g/mol. The van der Waals surface area contributed by atoms with Crippen molar-refractivity contribution in [3.8, 4) is 0 Å². The van der Waals surface area contributed by atoms with Gasteiger partial charge < -0.3 is 10.2 Å². The lowest BCUT2D eigenvalue weighted by Gasteiger charge is -2.38. The summed E-state index contributed by atoms with van der Waals surface area (Å²) < 4.78 is 0. The molecule has 3 nitrogen and oxygen atoms in total. The molecule has 17 heavy (non-hydrogen) atoms. The second kappa shape index (κ2) is 3.84. The molecular formula is C14H18O3. The van der Waals surface area contributed by atoms with Crippen LogP contribution in [-0.4, -0.2) is 16.2 Å². The number of aliphatic carboxylic acids is 1. The van der Waals surface area contributed by atoms with E-state index >= 15 is 0 Å². The number of benzene rings is 1. The molecule has 0 bridgehead atoms. The summed E-state index contributed by atoms with van der Waals surface area (Å²) in [6, 6.07) is 7.30. The minimum absolute atomic E-state index is 0.682. The first-order chi connectivity index (χ1) is 7.86. The predicted molar refractivity (Wildman–Crippen MR) is 64.9 cm³/mol. The molecule has 1 fully saturated rings. The van der Waals surface area contributed by atoms with Gasteiger partial charge in [0.2, 0.25) is 0 Å². The Bertz CT molecular complexity index is 422. The fourth-order valence-corrected chi connectivity index (χ4v) is 2.35. The van der Waals surface area contributed by atoms with E-state index < -0.39 is 17.0 Å². The molecule has 0 aliphatic heterocycles. The van der Waals surface area contributed by atoms with Gasteiger partial charge in [-0.05, 0) is 37.8 Å². The molecule has 0 radical (unpaired) electrons. The molecule has 0 amide bonds. The van der Waals surface area contributed by atoms with Crippen LogP contribution >= 0.6 is 0 Å². The Labute approximate surface area is 101 Å². The fourth-order valence-electron chi connectivity index (χ4n) is 2.35. The Hall–Kier alpha value is -1.35. The van der Waals surface area contributed by atoms with Gasteiger partial charge in [0.1, 0.15) is 0 Å². The molecule has 0 aromatic heterocycles. The quantitative estimate of drug-likeness (QED) is 0.844. The Morgan fingerprint density at radius 2 is 1.76 bits per heavy atom. The molecule has 1 aromatic carbocycles. The topological polar surface area (TPSA) is 57.5 Å².